The van der Waals surface area contributed by atoms with Crippen LogP contribution in [0.2, 0.25) is 5.15 Å². The molecule has 0 saturated heterocycles. The molecule has 0 aliphatic carbocycles. The summed E-state index contributed by atoms with van der Waals surface area (Å²) in [6.07, 6.45) is 2.70. The molecule has 0 saturated carbocycles. The first-order valence-electron chi connectivity index (χ1n) is 18.8. The largest absolute Gasteiger partial charge is 0.491 e. The SMILES string of the molecule is CC(C)(C)C(COc1ccnc2ccc(Br)cc12)NC(=O)O.CC(C)(C)N(CCOc1ccnc2ccc(-c3cnc(Cl)c(NS(=O)(=O)c4ccc(F)cc4)c3)cc12)C(=O)O. The number of hydrogen-bond acceptors (Lipinski definition) is 9. The van der Waals surface area contributed by atoms with Crippen LogP contribution in [0.15, 0.2) is 107 Å². The van der Waals surface area contributed by atoms with Crippen LogP contribution in [0.4, 0.5) is 19.7 Å². The fourth-order valence-electron chi connectivity index (χ4n) is 5.94. The van der Waals surface area contributed by atoms with Crippen LogP contribution >= 0.6 is 27.5 Å². The number of nitrogens with one attached hydrogen (secondary N) is 2. The van der Waals surface area contributed by atoms with E-state index in [-0.39, 0.29) is 47.0 Å². The van der Waals surface area contributed by atoms with E-state index in [0.717, 1.165) is 39.6 Å². The fraction of sp³-hybridized carbons (Fsp3) is 0.279. The number of carboxylic acid groups (broad SMARTS) is 2. The maximum atomic E-state index is 13.2. The van der Waals surface area contributed by atoms with Gasteiger partial charge in [-0.05, 0) is 105 Å². The van der Waals surface area contributed by atoms with Crippen molar-refractivity contribution >= 4 is 77.2 Å². The van der Waals surface area contributed by atoms with Crippen LogP contribution in [0.25, 0.3) is 32.9 Å². The van der Waals surface area contributed by atoms with E-state index < -0.39 is 33.6 Å². The molecule has 0 spiro atoms. The first-order chi connectivity index (χ1) is 28.6. The molecule has 1 atom stereocenters. The highest BCUT2D eigenvalue weighted by Crippen LogP contribution is 2.33. The highest BCUT2D eigenvalue weighted by atomic mass is 79.9. The zero-order chi connectivity index (χ0) is 44.7. The molecule has 3 heterocycles. The summed E-state index contributed by atoms with van der Waals surface area (Å²) in [4.78, 5) is 36.5. The molecule has 322 valence electrons. The van der Waals surface area contributed by atoms with E-state index in [2.05, 4.69) is 40.9 Å². The summed E-state index contributed by atoms with van der Waals surface area (Å²) in [6, 6.07) is 20.3. The maximum Gasteiger partial charge on any atom is 0.407 e. The van der Waals surface area contributed by atoms with E-state index in [9.17, 15) is 27.5 Å². The summed E-state index contributed by atoms with van der Waals surface area (Å²) < 4.78 is 54.0. The minimum absolute atomic E-state index is 0.0530. The van der Waals surface area contributed by atoms with Crippen molar-refractivity contribution in [2.75, 3.05) is 24.5 Å². The molecule has 2 amide bonds. The molecule has 1 unspecified atom stereocenters. The number of benzene rings is 3. The zero-order valence-corrected chi connectivity index (χ0v) is 37.3. The van der Waals surface area contributed by atoms with Crippen LogP contribution in [0, 0.1) is 11.2 Å². The Hall–Kier alpha value is -5.78. The van der Waals surface area contributed by atoms with Gasteiger partial charge in [0, 0.05) is 44.9 Å². The number of pyridine rings is 3. The number of nitrogens with zero attached hydrogens (tertiary/aromatic N) is 4. The average Bonchev–Trinajstić information content (AvgIpc) is 3.18. The molecule has 3 aromatic heterocycles. The topological polar surface area (TPSA) is 193 Å². The lowest BCUT2D eigenvalue weighted by Crippen LogP contribution is -2.47. The van der Waals surface area contributed by atoms with Crippen LogP contribution in [-0.4, -0.2) is 82.0 Å². The molecule has 61 heavy (non-hydrogen) atoms. The third kappa shape index (κ3) is 12.4. The molecule has 6 aromatic rings. The number of rotatable bonds is 12. The monoisotopic (exact) mass is 938 g/mol. The molecule has 0 aliphatic heterocycles. The third-order valence-corrected chi connectivity index (χ3v) is 11.4. The van der Waals surface area contributed by atoms with Crippen LogP contribution in [0.3, 0.4) is 0 Å². The molecule has 6 rings (SSSR count). The number of ether oxygens (including phenoxy) is 2. The van der Waals surface area contributed by atoms with Gasteiger partial charge in [0.1, 0.15) is 30.5 Å². The minimum Gasteiger partial charge on any atom is -0.491 e. The lowest BCUT2D eigenvalue weighted by atomic mass is 9.87. The summed E-state index contributed by atoms with van der Waals surface area (Å²) in [5, 5.41) is 22.5. The summed E-state index contributed by atoms with van der Waals surface area (Å²) in [6.45, 7) is 11.9. The summed E-state index contributed by atoms with van der Waals surface area (Å²) in [7, 11) is -4.04. The number of sulfonamides is 1. The van der Waals surface area contributed by atoms with Crippen molar-refractivity contribution in [1.82, 2.24) is 25.2 Å². The molecule has 14 nitrogen and oxygen atoms in total. The Kier molecular flexibility index (Phi) is 14.6. The second-order valence-corrected chi connectivity index (χ2v) is 18.7. The van der Waals surface area contributed by atoms with Gasteiger partial charge in [-0.1, -0.05) is 54.4 Å². The Morgan fingerprint density at radius 1 is 0.836 bits per heavy atom. The molecule has 3 aromatic carbocycles. The Bertz CT molecular complexity index is 2640. The normalized spacial score (nSPS) is 12.2. The van der Waals surface area contributed by atoms with Gasteiger partial charge in [0.2, 0.25) is 0 Å². The zero-order valence-electron chi connectivity index (χ0n) is 34.1. The molecular weight excluding hydrogens is 895 g/mol. The van der Waals surface area contributed by atoms with Gasteiger partial charge in [-0.15, -0.1) is 0 Å². The quantitative estimate of drug-likeness (QED) is 0.0854. The average molecular weight is 940 g/mol. The lowest BCUT2D eigenvalue weighted by Gasteiger charge is -2.33. The smallest absolute Gasteiger partial charge is 0.407 e. The summed E-state index contributed by atoms with van der Waals surface area (Å²) in [5.41, 5.74) is 1.96. The summed E-state index contributed by atoms with van der Waals surface area (Å²) >= 11 is 9.62. The van der Waals surface area contributed by atoms with Crippen molar-refractivity contribution in [1.29, 1.82) is 0 Å². The second kappa shape index (κ2) is 19.3. The molecule has 4 N–H and O–H groups in total. The number of amides is 2. The van der Waals surface area contributed by atoms with Gasteiger partial charge in [-0.3, -0.25) is 14.7 Å². The van der Waals surface area contributed by atoms with E-state index in [4.69, 9.17) is 26.2 Å². The van der Waals surface area contributed by atoms with Crippen molar-refractivity contribution in [2.45, 2.75) is 58.0 Å². The van der Waals surface area contributed by atoms with Crippen LogP contribution in [-0.2, 0) is 10.0 Å². The van der Waals surface area contributed by atoms with Gasteiger partial charge < -0.3 is 29.9 Å². The Morgan fingerprint density at radius 3 is 2.03 bits per heavy atom. The fourth-order valence-corrected chi connectivity index (χ4v) is 7.56. The highest BCUT2D eigenvalue weighted by Gasteiger charge is 2.28. The number of aromatic nitrogens is 3. The van der Waals surface area contributed by atoms with Crippen molar-refractivity contribution in [3.8, 4) is 22.6 Å². The van der Waals surface area contributed by atoms with Crippen LogP contribution in [0.5, 0.6) is 11.5 Å². The van der Waals surface area contributed by atoms with E-state index in [1.807, 2.05) is 65.8 Å². The predicted molar refractivity (Wildman–Crippen MR) is 237 cm³/mol. The molecule has 0 aliphatic rings. The Balaban J connectivity index is 0.000000271. The lowest BCUT2D eigenvalue weighted by molar-refractivity contribution is 0.0894. The van der Waals surface area contributed by atoms with E-state index in [1.54, 1.807) is 42.7 Å². The molecule has 18 heteroatoms. The van der Waals surface area contributed by atoms with Crippen molar-refractivity contribution in [2.24, 2.45) is 5.41 Å². The van der Waals surface area contributed by atoms with E-state index >= 15 is 0 Å². The molecular formula is C43H45BrClFN6O8S. The number of hydrogen-bond donors (Lipinski definition) is 4. The highest BCUT2D eigenvalue weighted by molar-refractivity contribution is 9.10. The maximum absolute atomic E-state index is 13.2. The minimum atomic E-state index is -4.04. The van der Waals surface area contributed by atoms with Gasteiger partial charge in [0.25, 0.3) is 10.0 Å². The first kappa shape index (κ1) is 46.3. The third-order valence-electron chi connectivity index (χ3n) is 9.27. The van der Waals surface area contributed by atoms with Crippen molar-refractivity contribution in [3.63, 3.8) is 0 Å². The first-order valence-corrected chi connectivity index (χ1v) is 21.4. The van der Waals surface area contributed by atoms with Gasteiger partial charge >= 0.3 is 12.2 Å². The van der Waals surface area contributed by atoms with Gasteiger partial charge in [-0.2, -0.15) is 0 Å². The van der Waals surface area contributed by atoms with Crippen LogP contribution in [0.1, 0.15) is 41.5 Å². The number of carbonyl (C=O) groups is 2. The second-order valence-electron chi connectivity index (χ2n) is 15.8. The molecule has 0 fully saturated rings. The standard InChI is InChI=1S/C27H26ClFN4O5S.C16H19BrN2O3/c1-27(2,3)33(26(34)35)12-13-38-24-10-11-30-22-9-4-17(14-21(22)24)18-15-23(25(28)31-16-18)32-39(36,37)20-7-5-19(29)6-8-20;1-16(2,3)14(19-15(20)21)9-22-13-6-7-18-12-5-4-10(17)8-11(12)13/h4-11,14-16,32H,12-13H2,1-3H3,(H,34,35);4-8,14,19H,9H2,1-3H3,(H,20,21). The predicted octanol–water partition coefficient (Wildman–Crippen LogP) is 10.1. The number of fused-ring (bicyclic) bond motifs is 2. The molecule has 0 radical (unpaired) electrons. The molecule has 0 bridgehead atoms. The van der Waals surface area contributed by atoms with Gasteiger partial charge in [0.15, 0.2) is 5.15 Å². The van der Waals surface area contributed by atoms with Crippen LogP contribution < -0.4 is 19.5 Å². The Labute approximate surface area is 366 Å². The van der Waals surface area contributed by atoms with Gasteiger partial charge in [0.05, 0.1) is 34.2 Å². The number of anilines is 1. The van der Waals surface area contributed by atoms with Crippen molar-refractivity contribution < 1.29 is 42.1 Å². The van der Waals surface area contributed by atoms with E-state index in [0.29, 0.717) is 33.5 Å². The van der Waals surface area contributed by atoms with Gasteiger partial charge in [-0.25, -0.2) is 27.4 Å². The number of halogens is 3. The summed E-state index contributed by atoms with van der Waals surface area (Å²) in [5.74, 6) is 0.645. The van der Waals surface area contributed by atoms with Crippen molar-refractivity contribution in [3.05, 3.63) is 113 Å². The Morgan fingerprint density at radius 2 is 1.44 bits per heavy atom. The van der Waals surface area contributed by atoms with E-state index in [1.165, 1.54) is 11.1 Å².